The van der Waals surface area contributed by atoms with Gasteiger partial charge in [0.05, 0.1) is 11.1 Å². The smallest absolute Gasteiger partial charge is 0.292 e. The molecule has 148 valence electrons. The minimum Gasteiger partial charge on any atom is -0.292 e. The van der Waals surface area contributed by atoms with Gasteiger partial charge in [-0.05, 0) is 49.9 Å². The summed E-state index contributed by atoms with van der Waals surface area (Å²) in [6, 6.07) is 14.2. The van der Waals surface area contributed by atoms with E-state index in [-0.39, 0.29) is 0 Å². The molecule has 0 aromatic heterocycles. The molecule has 1 aliphatic rings. The predicted molar refractivity (Wildman–Crippen MR) is 101 cm³/mol. The third kappa shape index (κ3) is 4.97. The maximum absolute atomic E-state index is 12.2. The summed E-state index contributed by atoms with van der Waals surface area (Å²) in [5.74, 6) is -1.11. The van der Waals surface area contributed by atoms with Crippen molar-refractivity contribution in [3.05, 3.63) is 70.8 Å². The molecular weight excluding hydrogens is 360 g/mol. The highest BCUT2D eigenvalue weighted by atomic mass is 17.2. The second-order valence-corrected chi connectivity index (χ2v) is 6.93. The molecule has 2 atom stereocenters. The lowest BCUT2D eigenvalue weighted by atomic mass is 9.95. The molecule has 0 amide bonds. The fourth-order valence-electron chi connectivity index (χ4n) is 3.19. The van der Waals surface area contributed by atoms with E-state index in [2.05, 4.69) is 0 Å². The molecule has 0 N–H and O–H groups in total. The summed E-state index contributed by atoms with van der Waals surface area (Å²) in [5, 5.41) is 0. The normalized spacial score (nSPS) is 19.1. The van der Waals surface area contributed by atoms with E-state index in [1.165, 1.54) is 0 Å². The van der Waals surface area contributed by atoms with Gasteiger partial charge in [-0.15, -0.1) is 0 Å². The van der Waals surface area contributed by atoms with E-state index < -0.39 is 24.1 Å². The molecule has 6 nitrogen and oxygen atoms in total. The lowest BCUT2D eigenvalue weighted by Crippen LogP contribution is -2.36. The van der Waals surface area contributed by atoms with Gasteiger partial charge in [0.1, 0.15) is 12.2 Å². The highest BCUT2D eigenvalue weighted by Crippen LogP contribution is 2.25. The predicted octanol–water partition coefficient (Wildman–Crippen LogP) is 4.49. The quantitative estimate of drug-likeness (QED) is 0.540. The third-order valence-corrected chi connectivity index (χ3v) is 4.87. The molecule has 2 aromatic carbocycles. The minimum atomic E-state index is -0.556. The Morgan fingerprint density at radius 3 is 1.50 bits per heavy atom. The van der Waals surface area contributed by atoms with Crippen LogP contribution in [0.1, 0.15) is 57.5 Å². The molecular formula is C22H24O6. The van der Waals surface area contributed by atoms with Gasteiger partial charge in [0.2, 0.25) is 0 Å². The maximum atomic E-state index is 12.2. The highest BCUT2D eigenvalue weighted by Gasteiger charge is 2.31. The van der Waals surface area contributed by atoms with Crippen LogP contribution in [0.4, 0.5) is 0 Å². The maximum Gasteiger partial charge on any atom is 0.373 e. The van der Waals surface area contributed by atoms with Gasteiger partial charge in [0, 0.05) is 0 Å². The van der Waals surface area contributed by atoms with Crippen molar-refractivity contribution in [2.75, 3.05) is 0 Å². The van der Waals surface area contributed by atoms with Gasteiger partial charge in [0.25, 0.3) is 0 Å². The van der Waals surface area contributed by atoms with Gasteiger partial charge in [-0.25, -0.2) is 9.59 Å². The Hall–Kier alpha value is -2.70. The Balaban J connectivity index is 1.55. The molecule has 0 radical (unpaired) electrons. The van der Waals surface area contributed by atoms with Crippen molar-refractivity contribution in [3.8, 4) is 0 Å². The SMILES string of the molecule is Cc1ccccc1C(=O)OOC1CCCCC1OOC(=O)c1ccccc1C. The zero-order valence-electron chi connectivity index (χ0n) is 16.1. The highest BCUT2D eigenvalue weighted by molar-refractivity contribution is 5.91. The van der Waals surface area contributed by atoms with E-state index >= 15 is 0 Å². The van der Waals surface area contributed by atoms with Crippen LogP contribution in [-0.2, 0) is 19.6 Å². The topological polar surface area (TPSA) is 71.1 Å². The van der Waals surface area contributed by atoms with E-state index in [4.69, 9.17) is 19.6 Å². The first kappa shape index (κ1) is 20.0. The molecule has 2 unspecified atom stereocenters. The largest absolute Gasteiger partial charge is 0.373 e. The summed E-state index contributed by atoms with van der Waals surface area (Å²) in [6.07, 6.45) is 2.13. The Morgan fingerprint density at radius 1 is 0.714 bits per heavy atom. The van der Waals surface area contributed by atoms with Crippen LogP contribution in [0.2, 0.25) is 0 Å². The number of aryl methyl sites for hydroxylation is 2. The monoisotopic (exact) mass is 384 g/mol. The fraction of sp³-hybridized carbons (Fsp3) is 0.364. The Kier molecular flexibility index (Phi) is 6.79. The lowest BCUT2D eigenvalue weighted by Gasteiger charge is -2.28. The van der Waals surface area contributed by atoms with E-state index in [9.17, 15) is 9.59 Å². The number of hydrogen-bond donors (Lipinski definition) is 0. The van der Waals surface area contributed by atoms with Gasteiger partial charge in [-0.1, -0.05) is 49.2 Å². The van der Waals surface area contributed by atoms with E-state index in [0.717, 1.165) is 24.0 Å². The number of carbonyl (C=O) groups is 2. The van der Waals surface area contributed by atoms with E-state index in [0.29, 0.717) is 24.0 Å². The Morgan fingerprint density at radius 2 is 1.11 bits per heavy atom. The van der Waals surface area contributed by atoms with Crippen molar-refractivity contribution in [1.29, 1.82) is 0 Å². The van der Waals surface area contributed by atoms with Crippen LogP contribution in [0, 0.1) is 13.8 Å². The van der Waals surface area contributed by atoms with Crippen molar-refractivity contribution in [2.24, 2.45) is 0 Å². The van der Waals surface area contributed by atoms with E-state index in [1.54, 1.807) is 24.3 Å². The minimum absolute atomic E-state index is 0.446. The molecule has 6 heteroatoms. The van der Waals surface area contributed by atoms with Crippen LogP contribution in [0.5, 0.6) is 0 Å². The summed E-state index contributed by atoms with van der Waals surface area (Å²) in [5.41, 5.74) is 2.50. The second kappa shape index (κ2) is 9.48. The fourth-order valence-corrected chi connectivity index (χ4v) is 3.19. The van der Waals surface area contributed by atoms with E-state index in [1.807, 2.05) is 38.1 Å². The van der Waals surface area contributed by atoms with Crippen molar-refractivity contribution in [3.63, 3.8) is 0 Å². The summed E-state index contributed by atoms with van der Waals surface area (Å²) in [7, 11) is 0. The van der Waals surface area contributed by atoms with Crippen LogP contribution in [0.25, 0.3) is 0 Å². The van der Waals surface area contributed by atoms with Gasteiger partial charge in [0.15, 0.2) is 0 Å². The summed E-state index contributed by atoms with van der Waals surface area (Å²) >= 11 is 0. The van der Waals surface area contributed by atoms with Crippen LogP contribution in [0.3, 0.4) is 0 Å². The number of carbonyl (C=O) groups excluding carboxylic acids is 2. The zero-order valence-corrected chi connectivity index (χ0v) is 16.1. The summed E-state index contributed by atoms with van der Waals surface area (Å²) < 4.78 is 0. The number of hydrogen-bond acceptors (Lipinski definition) is 6. The molecule has 0 spiro atoms. The van der Waals surface area contributed by atoms with Crippen molar-refractivity contribution in [1.82, 2.24) is 0 Å². The first-order valence-corrected chi connectivity index (χ1v) is 9.43. The van der Waals surface area contributed by atoms with Crippen molar-refractivity contribution in [2.45, 2.75) is 51.7 Å². The Labute approximate surface area is 164 Å². The lowest BCUT2D eigenvalue weighted by molar-refractivity contribution is -0.352. The molecule has 1 aliphatic carbocycles. The second-order valence-electron chi connectivity index (χ2n) is 6.93. The first-order chi connectivity index (χ1) is 13.6. The third-order valence-electron chi connectivity index (χ3n) is 4.87. The van der Waals surface area contributed by atoms with Gasteiger partial charge >= 0.3 is 11.9 Å². The average molecular weight is 384 g/mol. The van der Waals surface area contributed by atoms with Crippen LogP contribution >= 0.6 is 0 Å². The summed E-state index contributed by atoms with van der Waals surface area (Å²) in [6.45, 7) is 3.66. The average Bonchev–Trinajstić information content (AvgIpc) is 2.71. The number of benzene rings is 2. The Bertz CT molecular complexity index is 762. The van der Waals surface area contributed by atoms with Crippen molar-refractivity contribution < 1.29 is 29.1 Å². The molecule has 1 saturated carbocycles. The number of rotatable bonds is 6. The van der Waals surface area contributed by atoms with Gasteiger partial charge in [-0.2, -0.15) is 9.78 Å². The zero-order chi connectivity index (χ0) is 19.9. The van der Waals surface area contributed by atoms with Crippen LogP contribution in [-0.4, -0.2) is 24.1 Å². The molecule has 0 bridgehead atoms. The standard InChI is InChI=1S/C22H24O6/c1-15-9-3-5-11-17(15)21(23)27-25-19-13-7-8-14-20(19)26-28-22(24)18-12-6-4-10-16(18)2/h3-6,9-12,19-20H,7-8,13-14H2,1-2H3. The first-order valence-electron chi connectivity index (χ1n) is 9.43. The molecule has 0 saturated heterocycles. The summed E-state index contributed by atoms with van der Waals surface area (Å²) in [4.78, 5) is 45.2. The molecule has 3 rings (SSSR count). The molecule has 2 aromatic rings. The van der Waals surface area contributed by atoms with Gasteiger partial charge in [-0.3, -0.25) is 9.78 Å². The molecule has 0 heterocycles. The van der Waals surface area contributed by atoms with Gasteiger partial charge < -0.3 is 0 Å². The van der Waals surface area contributed by atoms with Crippen LogP contribution in [0.15, 0.2) is 48.5 Å². The molecule has 1 fully saturated rings. The van der Waals surface area contributed by atoms with Crippen molar-refractivity contribution >= 4 is 11.9 Å². The van der Waals surface area contributed by atoms with Crippen LogP contribution < -0.4 is 0 Å². The molecule has 0 aliphatic heterocycles. The molecule has 28 heavy (non-hydrogen) atoms.